The van der Waals surface area contributed by atoms with Gasteiger partial charge < -0.3 is 4.90 Å². The van der Waals surface area contributed by atoms with E-state index in [1.807, 2.05) is 12.3 Å². The van der Waals surface area contributed by atoms with Crippen LogP contribution in [0.3, 0.4) is 0 Å². The average Bonchev–Trinajstić information content (AvgIpc) is 2.81. The van der Waals surface area contributed by atoms with Crippen molar-refractivity contribution in [3.05, 3.63) is 23.7 Å². The molecule has 3 rings (SSSR count). The lowest BCUT2D eigenvalue weighted by molar-refractivity contribution is 0.565. The molecule has 0 saturated heterocycles. The maximum absolute atomic E-state index is 4.60. The Bertz CT molecular complexity index is 614. The number of hydrogen-bond donors (Lipinski definition) is 0. The van der Waals surface area contributed by atoms with E-state index in [0.717, 1.165) is 35.7 Å². The molecule has 1 aliphatic heterocycles. The Morgan fingerprint density at radius 3 is 2.79 bits per heavy atom. The van der Waals surface area contributed by atoms with Gasteiger partial charge in [0.15, 0.2) is 0 Å². The molecule has 100 valence electrons. The van der Waals surface area contributed by atoms with Crippen molar-refractivity contribution in [2.24, 2.45) is 0 Å². The molecule has 0 aromatic carbocycles. The molecule has 0 atom stereocenters. The summed E-state index contributed by atoms with van der Waals surface area (Å²) < 4.78 is 0. The number of aromatic nitrogens is 4. The maximum atomic E-state index is 4.60. The maximum Gasteiger partial charge on any atom is 0.120 e. The number of fused-ring (bicyclic) bond motifs is 3. The summed E-state index contributed by atoms with van der Waals surface area (Å²) in [4.78, 5) is 8.54. The Hall–Kier alpha value is -1.91. The minimum absolute atomic E-state index is 0.403. The molecule has 0 aliphatic carbocycles. The predicted octanol–water partition coefficient (Wildman–Crippen LogP) is 2.43. The van der Waals surface area contributed by atoms with Gasteiger partial charge in [0.25, 0.3) is 0 Å². The summed E-state index contributed by atoms with van der Waals surface area (Å²) in [6, 6.07) is 2.05. The normalized spacial score (nSPS) is 13.6. The summed E-state index contributed by atoms with van der Waals surface area (Å²) in [6.07, 6.45) is 1.88. The van der Waals surface area contributed by atoms with Crippen molar-refractivity contribution in [2.45, 2.75) is 39.8 Å². The zero-order chi connectivity index (χ0) is 13.6. The van der Waals surface area contributed by atoms with Gasteiger partial charge in [0, 0.05) is 18.8 Å². The van der Waals surface area contributed by atoms with Crippen LogP contribution in [0.1, 0.15) is 38.1 Å². The number of nitrogens with zero attached hydrogens (tertiary/aromatic N) is 5. The fraction of sp³-hybridized carbons (Fsp3) is 0.500. The minimum atomic E-state index is 0.403. The van der Waals surface area contributed by atoms with Crippen LogP contribution >= 0.6 is 0 Å². The highest BCUT2D eigenvalue weighted by molar-refractivity contribution is 5.81. The minimum Gasteiger partial charge on any atom is -0.366 e. The molecule has 0 unspecified atom stereocenters. The van der Waals surface area contributed by atoms with Crippen LogP contribution in [0.2, 0.25) is 0 Å². The van der Waals surface area contributed by atoms with Crippen LogP contribution in [0.5, 0.6) is 0 Å². The fourth-order valence-corrected chi connectivity index (χ4v) is 2.63. The van der Waals surface area contributed by atoms with Crippen molar-refractivity contribution in [3.63, 3.8) is 0 Å². The summed E-state index contributed by atoms with van der Waals surface area (Å²) >= 11 is 0. The van der Waals surface area contributed by atoms with Crippen LogP contribution in [0.15, 0.2) is 12.3 Å². The van der Waals surface area contributed by atoms with Gasteiger partial charge >= 0.3 is 0 Å². The number of rotatable bonds is 2. The fourth-order valence-electron chi connectivity index (χ4n) is 2.63. The first-order valence-corrected chi connectivity index (χ1v) is 6.76. The molecule has 19 heavy (non-hydrogen) atoms. The van der Waals surface area contributed by atoms with Crippen LogP contribution in [-0.2, 0) is 13.1 Å². The summed E-state index contributed by atoms with van der Waals surface area (Å²) in [5.74, 6) is 0.403. The van der Waals surface area contributed by atoms with Crippen molar-refractivity contribution < 1.29 is 0 Å². The van der Waals surface area contributed by atoms with Crippen molar-refractivity contribution in [3.8, 4) is 11.3 Å². The van der Waals surface area contributed by atoms with Gasteiger partial charge in [-0.05, 0) is 18.9 Å². The lowest BCUT2D eigenvalue weighted by Crippen LogP contribution is -2.24. The van der Waals surface area contributed by atoms with Gasteiger partial charge in [-0.2, -0.15) is 15.0 Å². The van der Waals surface area contributed by atoms with Gasteiger partial charge in [-0.15, -0.1) is 0 Å². The molecule has 0 radical (unpaired) electrons. The zero-order valence-electron chi connectivity index (χ0n) is 11.9. The van der Waals surface area contributed by atoms with Crippen LogP contribution in [0.4, 0.5) is 5.69 Å². The predicted molar refractivity (Wildman–Crippen MR) is 75.1 cm³/mol. The van der Waals surface area contributed by atoms with Gasteiger partial charge in [0.05, 0.1) is 24.5 Å². The molecular weight excluding hydrogens is 238 g/mol. The first-order chi connectivity index (χ1) is 9.11. The van der Waals surface area contributed by atoms with Crippen LogP contribution < -0.4 is 4.90 Å². The van der Waals surface area contributed by atoms with Crippen LogP contribution in [0, 0.1) is 0 Å². The second-order valence-corrected chi connectivity index (χ2v) is 5.29. The molecule has 0 saturated carbocycles. The highest BCUT2D eigenvalue weighted by Crippen LogP contribution is 2.40. The molecule has 2 aromatic heterocycles. The molecule has 2 aromatic rings. The van der Waals surface area contributed by atoms with E-state index in [4.69, 9.17) is 0 Å². The van der Waals surface area contributed by atoms with E-state index in [1.54, 1.807) is 4.80 Å². The van der Waals surface area contributed by atoms with Gasteiger partial charge in [-0.3, -0.25) is 4.98 Å². The molecular formula is C14H19N5. The monoisotopic (exact) mass is 257 g/mol. The van der Waals surface area contributed by atoms with E-state index in [9.17, 15) is 0 Å². The van der Waals surface area contributed by atoms with Gasteiger partial charge in [-0.25, -0.2) is 0 Å². The number of aryl methyl sites for hydroxylation is 1. The second kappa shape index (κ2) is 4.33. The molecule has 0 amide bonds. The third kappa shape index (κ3) is 1.80. The molecule has 3 heterocycles. The van der Waals surface area contributed by atoms with Crippen molar-refractivity contribution in [1.29, 1.82) is 0 Å². The van der Waals surface area contributed by atoms with E-state index >= 15 is 0 Å². The zero-order valence-corrected chi connectivity index (χ0v) is 11.9. The smallest absolute Gasteiger partial charge is 0.120 e. The van der Waals surface area contributed by atoms with Crippen molar-refractivity contribution in [2.75, 3.05) is 11.9 Å². The standard InChI is InChI=1S/C14H19N5/c1-5-19-16-11-8-18(4)14-10(13(11)17-19)6-7-15-12(14)9(2)3/h6-7,9H,5,8H2,1-4H3. The first kappa shape index (κ1) is 12.1. The van der Waals surface area contributed by atoms with Crippen LogP contribution in [-0.4, -0.2) is 27.0 Å². The molecule has 5 heteroatoms. The first-order valence-electron chi connectivity index (χ1n) is 6.76. The summed E-state index contributed by atoms with van der Waals surface area (Å²) in [5, 5.41) is 9.13. The van der Waals surface area contributed by atoms with E-state index in [0.29, 0.717) is 5.92 Å². The molecule has 0 fully saturated rings. The van der Waals surface area contributed by atoms with E-state index in [2.05, 4.69) is 47.9 Å². The largest absolute Gasteiger partial charge is 0.366 e. The number of pyridine rings is 1. The summed E-state index contributed by atoms with van der Waals surface area (Å²) in [5.41, 5.74) is 5.56. The van der Waals surface area contributed by atoms with Crippen molar-refractivity contribution >= 4 is 5.69 Å². The third-order valence-corrected chi connectivity index (χ3v) is 3.53. The Morgan fingerprint density at radius 2 is 2.11 bits per heavy atom. The number of anilines is 1. The Kier molecular flexibility index (Phi) is 2.77. The van der Waals surface area contributed by atoms with E-state index in [1.165, 1.54) is 5.69 Å². The topological polar surface area (TPSA) is 46.8 Å². The lowest BCUT2D eigenvalue weighted by atomic mass is 9.98. The molecule has 0 spiro atoms. The molecule has 5 nitrogen and oxygen atoms in total. The lowest BCUT2D eigenvalue weighted by Gasteiger charge is -2.28. The SMILES string of the molecule is CCn1nc2c(n1)-c1ccnc(C(C)C)c1N(C)C2. The van der Waals surface area contributed by atoms with Crippen molar-refractivity contribution in [1.82, 2.24) is 20.0 Å². The Labute approximate surface area is 113 Å². The molecule has 0 N–H and O–H groups in total. The van der Waals surface area contributed by atoms with Crippen LogP contribution in [0.25, 0.3) is 11.3 Å². The Morgan fingerprint density at radius 1 is 1.32 bits per heavy atom. The third-order valence-electron chi connectivity index (χ3n) is 3.53. The highest BCUT2D eigenvalue weighted by atomic mass is 15.5. The van der Waals surface area contributed by atoms with Gasteiger partial charge in [0.1, 0.15) is 11.4 Å². The summed E-state index contributed by atoms with van der Waals surface area (Å²) in [6.45, 7) is 8.01. The van der Waals surface area contributed by atoms with Gasteiger partial charge in [0.2, 0.25) is 0 Å². The quantitative estimate of drug-likeness (QED) is 0.829. The Balaban J connectivity index is 2.23. The van der Waals surface area contributed by atoms with Gasteiger partial charge in [-0.1, -0.05) is 13.8 Å². The van der Waals surface area contributed by atoms with E-state index in [-0.39, 0.29) is 0 Å². The average molecular weight is 257 g/mol. The summed E-state index contributed by atoms with van der Waals surface area (Å²) in [7, 11) is 2.10. The number of hydrogen-bond acceptors (Lipinski definition) is 4. The highest BCUT2D eigenvalue weighted by Gasteiger charge is 2.27. The van der Waals surface area contributed by atoms with E-state index < -0.39 is 0 Å². The molecule has 0 bridgehead atoms. The second-order valence-electron chi connectivity index (χ2n) is 5.29. The molecule has 1 aliphatic rings.